The molecule has 0 radical (unpaired) electrons. The van der Waals surface area contributed by atoms with Crippen LogP contribution in [0.3, 0.4) is 0 Å². The Bertz CT molecular complexity index is 1660. The predicted molar refractivity (Wildman–Crippen MR) is 159 cm³/mol. The minimum Gasteiger partial charge on any atom is -0.495 e. The maximum Gasteiger partial charge on any atom is 0.174 e. The van der Waals surface area contributed by atoms with E-state index in [9.17, 15) is 0 Å². The van der Waals surface area contributed by atoms with Crippen molar-refractivity contribution in [1.82, 2.24) is 14.9 Å². The van der Waals surface area contributed by atoms with Gasteiger partial charge in [-0.3, -0.25) is 4.98 Å². The lowest BCUT2D eigenvalue weighted by atomic mass is 9.96. The molecule has 5 nitrogen and oxygen atoms in total. The van der Waals surface area contributed by atoms with E-state index in [1.54, 1.807) is 7.11 Å². The molecule has 3 heterocycles. The van der Waals surface area contributed by atoms with Crippen LogP contribution in [0.5, 0.6) is 5.75 Å². The molecule has 2 atom stereocenters. The van der Waals surface area contributed by atoms with Gasteiger partial charge in [-0.2, -0.15) is 0 Å². The van der Waals surface area contributed by atoms with Crippen LogP contribution in [0.1, 0.15) is 34.7 Å². The van der Waals surface area contributed by atoms with E-state index in [1.807, 2.05) is 42.6 Å². The molecular weight excluding hydrogens is 512 g/mol. The second kappa shape index (κ2) is 9.78. The number of methoxy groups -OCH3 is 1. The molecule has 5 aromatic rings. The van der Waals surface area contributed by atoms with Crippen molar-refractivity contribution in [1.29, 1.82) is 0 Å². The predicted octanol–water partition coefficient (Wildman–Crippen LogP) is 7.48. The number of pyridine rings is 1. The molecule has 0 unspecified atom stereocenters. The van der Waals surface area contributed by atoms with Gasteiger partial charge in [0, 0.05) is 28.7 Å². The number of fused-ring (bicyclic) bond motifs is 1. The Morgan fingerprint density at radius 3 is 2.50 bits per heavy atom. The van der Waals surface area contributed by atoms with E-state index >= 15 is 0 Å². The minimum atomic E-state index is -0.147. The quantitative estimate of drug-likeness (QED) is 0.235. The number of benzene rings is 3. The average Bonchev–Trinajstić information content (AvgIpc) is 3.43. The SMILES string of the molecule is COc1ccc(N2C(=S)N[C@H](c3ccccn3)[C@H]2c2cc(C)n(-c3cccc4ccccc34)c2C)cc1Cl. The molecule has 6 rings (SSSR count). The highest BCUT2D eigenvalue weighted by Crippen LogP contribution is 2.45. The summed E-state index contributed by atoms with van der Waals surface area (Å²) in [6, 6.07) is 28.7. The summed E-state index contributed by atoms with van der Waals surface area (Å²) in [5.41, 5.74) is 6.46. The molecule has 0 bridgehead atoms. The van der Waals surface area contributed by atoms with Crippen LogP contribution in [0.4, 0.5) is 5.69 Å². The molecule has 0 spiro atoms. The number of anilines is 1. The third kappa shape index (κ3) is 4.01. The van der Waals surface area contributed by atoms with Crippen LogP contribution >= 0.6 is 23.8 Å². The molecule has 3 aromatic carbocycles. The van der Waals surface area contributed by atoms with Crippen molar-refractivity contribution in [3.05, 3.63) is 119 Å². The van der Waals surface area contributed by atoms with Crippen LogP contribution in [0.15, 0.2) is 91.1 Å². The fourth-order valence-corrected chi connectivity index (χ4v) is 6.21. The number of aromatic nitrogens is 2. The van der Waals surface area contributed by atoms with Crippen molar-refractivity contribution in [2.75, 3.05) is 12.0 Å². The van der Waals surface area contributed by atoms with Crippen LogP contribution in [-0.2, 0) is 0 Å². The Labute approximate surface area is 232 Å². The number of hydrogen-bond donors (Lipinski definition) is 1. The Balaban J connectivity index is 1.54. The number of thiocarbonyl (C=S) groups is 1. The van der Waals surface area contributed by atoms with Crippen molar-refractivity contribution < 1.29 is 4.74 Å². The second-order valence-electron chi connectivity index (χ2n) is 9.48. The number of ether oxygens (including phenoxy) is 1. The summed E-state index contributed by atoms with van der Waals surface area (Å²) in [7, 11) is 1.62. The number of aryl methyl sites for hydroxylation is 1. The summed E-state index contributed by atoms with van der Waals surface area (Å²) in [6.45, 7) is 4.34. The van der Waals surface area contributed by atoms with E-state index < -0.39 is 0 Å². The van der Waals surface area contributed by atoms with Crippen LogP contribution in [0.2, 0.25) is 5.02 Å². The van der Waals surface area contributed by atoms with Crippen LogP contribution in [-0.4, -0.2) is 21.8 Å². The Morgan fingerprint density at radius 2 is 1.74 bits per heavy atom. The maximum atomic E-state index is 6.57. The Hall–Kier alpha value is -3.87. The molecule has 0 aliphatic carbocycles. The average molecular weight is 539 g/mol. The van der Waals surface area contributed by atoms with Gasteiger partial charge >= 0.3 is 0 Å². The van der Waals surface area contributed by atoms with Gasteiger partial charge in [0.1, 0.15) is 5.75 Å². The van der Waals surface area contributed by atoms with E-state index in [4.69, 9.17) is 33.5 Å². The monoisotopic (exact) mass is 538 g/mol. The fraction of sp³-hybridized carbons (Fsp3) is 0.161. The summed E-state index contributed by atoms with van der Waals surface area (Å²) in [4.78, 5) is 6.85. The van der Waals surface area contributed by atoms with Crippen molar-refractivity contribution >= 4 is 45.4 Å². The van der Waals surface area contributed by atoms with E-state index in [2.05, 4.69) is 77.2 Å². The standard InChI is InChI=1S/C31H27ClN4OS/c1-19-17-24(20(2)35(19)27-13-8-10-21-9-4-5-11-23(21)27)30-29(26-12-6-7-16-33-26)34-31(38)36(30)22-14-15-28(37-3)25(32)18-22/h4-18,29-30H,1-3H3,(H,34,38)/t29-,30-/m1/s1. The number of nitrogens with one attached hydrogen (secondary N) is 1. The minimum absolute atomic E-state index is 0.142. The first-order valence-corrected chi connectivity index (χ1v) is 13.3. The lowest BCUT2D eigenvalue weighted by Crippen LogP contribution is -2.29. The van der Waals surface area contributed by atoms with Crippen LogP contribution in [0, 0.1) is 13.8 Å². The topological polar surface area (TPSA) is 42.3 Å². The largest absolute Gasteiger partial charge is 0.495 e. The molecule has 7 heteroatoms. The third-order valence-corrected chi connectivity index (χ3v) is 7.92. The van der Waals surface area contributed by atoms with Gasteiger partial charge in [-0.15, -0.1) is 0 Å². The maximum absolute atomic E-state index is 6.57. The fourth-order valence-electron chi connectivity index (χ4n) is 5.62. The molecule has 2 aromatic heterocycles. The lowest BCUT2D eigenvalue weighted by Gasteiger charge is -2.28. The number of rotatable bonds is 5. The molecular formula is C31H27ClN4OS. The van der Waals surface area contributed by atoms with Gasteiger partial charge in [-0.1, -0.05) is 54.1 Å². The van der Waals surface area contributed by atoms with Gasteiger partial charge in [0.2, 0.25) is 0 Å². The van der Waals surface area contributed by atoms with Crippen LogP contribution < -0.4 is 15.0 Å². The highest BCUT2D eigenvalue weighted by Gasteiger charge is 2.42. The zero-order valence-electron chi connectivity index (χ0n) is 21.4. The summed E-state index contributed by atoms with van der Waals surface area (Å²) < 4.78 is 7.74. The molecule has 0 saturated carbocycles. The zero-order valence-corrected chi connectivity index (χ0v) is 22.9. The molecule has 1 saturated heterocycles. The zero-order chi connectivity index (χ0) is 26.4. The normalized spacial score (nSPS) is 17.2. The molecule has 1 N–H and O–H groups in total. The number of nitrogens with zero attached hydrogens (tertiary/aromatic N) is 3. The summed E-state index contributed by atoms with van der Waals surface area (Å²) in [6.07, 6.45) is 1.82. The second-order valence-corrected chi connectivity index (χ2v) is 10.3. The first kappa shape index (κ1) is 24.5. The lowest BCUT2D eigenvalue weighted by molar-refractivity contribution is 0.415. The van der Waals surface area contributed by atoms with Crippen molar-refractivity contribution in [2.45, 2.75) is 25.9 Å². The van der Waals surface area contributed by atoms with Gasteiger partial charge in [0.15, 0.2) is 5.11 Å². The van der Waals surface area contributed by atoms with Gasteiger partial charge in [0.05, 0.1) is 35.6 Å². The number of hydrogen-bond acceptors (Lipinski definition) is 3. The molecule has 0 amide bonds. The van der Waals surface area contributed by atoms with E-state index in [0.717, 1.165) is 28.5 Å². The van der Waals surface area contributed by atoms with Crippen molar-refractivity contribution in [3.63, 3.8) is 0 Å². The van der Waals surface area contributed by atoms with Crippen LogP contribution in [0.25, 0.3) is 16.5 Å². The Kier molecular flexibility index (Phi) is 6.30. The molecule has 1 fully saturated rings. The van der Waals surface area contributed by atoms with Crippen molar-refractivity contribution in [3.8, 4) is 11.4 Å². The van der Waals surface area contributed by atoms with Gasteiger partial charge < -0.3 is 19.5 Å². The van der Waals surface area contributed by atoms with Gasteiger partial charge in [-0.05, 0) is 79.5 Å². The van der Waals surface area contributed by atoms with Gasteiger partial charge in [-0.25, -0.2) is 0 Å². The smallest absolute Gasteiger partial charge is 0.174 e. The first-order valence-electron chi connectivity index (χ1n) is 12.5. The molecule has 38 heavy (non-hydrogen) atoms. The first-order chi connectivity index (χ1) is 18.5. The molecule has 1 aliphatic heterocycles. The summed E-state index contributed by atoms with van der Waals surface area (Å²) >= 11 is 12.5. The third-order valence-electron chi connectivity index (χ3n) is 7.31. The highest BCUT2D eigenvalue weighted by atomic mass is 35.5. The van der Waals surface area contributed by atoms with Crippen molar-refractivity contribution in [2.24, 2.45) is 0 Å². The molecule has 1 aliphatic rings. The van der Waals surface area contributed by atoms with E-state index in [1.165, 1.54) is 16.3 Å². The summed E-state index contributed by atoms with van der Waals surface area (Å²) in [5.74, 6) is 0.625. The Morgan fingerprint density at radius 1 is 0.947 bits per heavy atom. The summed E-state index contributed by atoms with van der Waals surface area (Å²) in [5, 5.41) is 7.14. The number of halogens is 1. The highest BCUT2D eigenvalue weighted by molar-refractivity contribution is 7.80. The van der Waals surface area contributed by atoms with E-state index in [0.29, 0.717) is 15.9 Å². The molecule has 190 valence electrons. The van der Waals surface area contributed by atoms with Gasteiger partial charge in [0.25, 0.3) is 0 Å². The van der Waals surface area contributed by atoms with E-state index in [-0.39, 0.29) is 12.1 Å².